The van der Waals surface area contributed by atoms with Crippen LogP contribution in [0.3, 0.4) is 0 Å². The van der Waals surface area contributed by atoms with Gasteiger partial charge in [0.05, 0.1) is 47.3 Å². The number of Topliss-reactive ketones (excluding diaryl/α,β-unsaturated/α-hetero) is 1. The first-order valence-electron chi connectivity index (χ1n) is 12.4. The molecule has 3 rings (SSSR count). The van der Waals surface area contributed by atoms with Gasteiger partial charge in [-0.1, -0.05) is 50.0 Å². The SMILES string of the molecule is C/C(=C\c1csc(CBr)n1)[C@@H]1C[C@@H]2O[C@@H]2CCC[C@H](C)[C@H](O)[C@@H](C)C(=O)C(C)(C)[C@@H](O)CC(=O)O1. The number of carbonyl (C=O) groups excluding carboxylic acids is 2. The number of rotatable bonds is 3. The summed E-state index contributed by atoms with van der Waals surface area (Å²) in [5.41, 5.74) is 0.468. The van der Waals surface area contributed by atoms with Crippen molar-refractivity contribution in [2.45, 2.75) is 103 Å². The van der Waals surface area contributed by atoms with E-state index in [-0.39, 0.29) is 30.3 Å². The van der Waals surface area contributed by atoms with Crippen LogP contribution in [-0.2, 0) is 24.4 Å². The van der Waals surface area contributed by atoms with E-state index in [9.17, 15) is 19.8 Å². The third-order valence-electron chi connectivity index (χ3n) is 7.46. The number of aliphatic hydroxyl groups is 2. The molecule has 35 heavy (non-hydrogen) atoms. The number of hydrogen-bond donors (Lipinski definition) is 2. The van der Waals surface area contributed by atoms with Gasteiger partial charge >= 0.3 is 5.97 Å². The Balaban J connectivity index is 1.81. The summed E-state index contributed by atoms with van der Waals surface area (Å²) < 4.78 is 11.7. The zero-order valence-corrected chi connectivity index (χ0v) is 23.6. The lowest BCUT2D eigenvalue weighted by Gasteiger charge is -2.34. The van der Waals surface area contributed by atoms with Gasteiger partial charge in [-0.15, -0.1) is 11.3 Å². The van der Waals surface area contributed by atoms with Crippen LogP contribution in [0.5, 0.6) is 0 Å². The predicted octanol–water partition coefficient (Wildman–Crippen LogP) is 4.67. The molecule has 0 unspecified atom stereocenters. The number of epoxide rings is 1. The van der Waals surface area contributed by atoms with E-state index in [2.05, 4.69) is 20.9 Å². The highest BCUT2D eigenvalue weighted by atomic mass is 79.9. The number of fused-ring (bicyclic) bond motifs is 1. The van der Waals surface area contributed by atoms with E-state index in [1.807, 2.05) is 25.3 Å². The lowest BCUT2D eigenvalue weighted by atomic mass is 9.73. The van der Waals surface area contributed by atoms with Crippen LogP contribution in [0.2, 0.25) is 0 Å². The second kappa shape index (κ2) is 11.9. The van der Waals surface area contributed by atoms with E-state index in [1.54, 1.807) is 32.1 Å². The van der Waals surface area contributed by atoms with Crippen LogP contribution in [0, 0.1) is 17.3 Å². The van der Waals surface area contributed by atoms with E-state index >= 15 is 0 Å². The van der Waals surface area contributed by atoms with Gasteiger partial charge < -0.3 is 19.7 Å². The third-order valence-corrected chi connectivity index (χ3v) is 9.23. The fourth-order valence-electron chi connectivity index (χ4n) is 4.79. The Labute approximate surface area is 220 Å². The first-order chi connectivity index (χ1) is 16.4. The van der Waals surface area contributed by atoms with Gasteiger partial charge in [0.15, 0.2) is 0 Å². The predicted molar refractivity (Wildman–Crippen MR) is 139 cm³/mol. The first-order valence-corrected chi connectivity index (χ1v) is 14.4. The lowest BCUT2D eigenvalue weighted by Crippen LogP contribution is -2.45. The van der Waals surface area contributed by atoms with Gasteiger partial charge in [0.1, 0.15) is 16.9 Å². The number of ether oxygens (including phenoxy) is 2. The summed E-state index contributed by atoms with van der Waals surface area (Å²) in [6, 6.07) is 0. The minimum Gasteiger partial charge on any atom is -0.458 e. The van der Waals surface area contributed by atoms with Gasteiger partial charge in [0.25, 0.3) is 0 Å². The molecule has 2 aliphatic rings. The zero-order valence-electron chi connectivity index (χ0n) is 21.2. The van der Waals surface area contributed by atoms with Crippen LogP contribution in [0.15, 0.2) is 11.0 Å². The number of hydrogen-bond acceptors (Lipinski definition) is 8. The average Bonchev–Trinajstić information content (AvgIpc) is 3.38. The Kier molecular flexibility index (Phi) is 9.71. The molecule has 0 bridgehead atoms. The summed E-state index contributed by atoms with van der Waals surface area (Å²) in [5, 5.41) is 25.2. The van der Waals surface area contributed by atoms with E-state index in [1.165, 1.54) is 0 Å². The smallest absolute Gasteiger partial charge is 0.309 e. The molecule has 0 amide bonds. The molecular formula is C26H38BrNO6S. The molecule has 2 fully saturated rings. The summed E-state index contributed by atoms with van der Waals surface area (Å²) in [6.45, 7) is 8.81. The van der Waals surface area contributed by atoms with Crippen molar-refractivity contribution < 1.29 is 29.3 Å². The zero-order chi connectivity index (χ0) is 25.9. The number of nitrogens with zero attached hydrogens (tertiary/aromatic N) is 1. The highest BCUT2D eigenvalue weighted by Crippen LogP contribution is 2.36. The Morgan fingerprint density at radius 3 is 2.63 bits per heavy atom. The highest BCUT2D eigenvalue weighted by molar-refractivity contribution is 9.08. The number of cyclic esters (lactones) is 1. The van der Waals surface area contributed by atoms with Crippen LogP contribution < -0.4 is 0 Å². The number of aliphatic hydroxyl groups excluding tert-OH is 2. The summed E-state index contributed by atoms with van der Waals surface area (Å²) in [6.07, 6.45) is 2.22. The van der Waals surface area contributed by atoms with Crippen molar-refractivity contribution in [2.24, 2.45) is 17.3 Å². The molecule has 196 valence electrons. The molecule has 0 saturated carbocycles. The molecule has 0 aromatic carbocycles. The van der Waals surface area contributed by atoms with Crippen LogP contribution in [-0.4, -0.2) is 57.5 Å². The van der Waals surface area contributed by atoms with Crippen molar-refractivity contribution >= 4 is 45.1 Å². The normalized spacial score (nSPS) is 35.3. The van der Waals surface area contributed by atoms with Gasteiger partial charge in [-0.05, 0) is 37.3 Å². The second-order valence-electron chi connectivity index (χ2n) is 10.6. The first kappa shape index (κ1) is 28.4. The molecule has 1 aromatic heterocycles. The number of aromatic nitrogens is 1. The van der Waals surface area contributed by atoms with Gasteiger partial charge in [-0.3, -0.25) is 9.59 Å². The molecule has 2 N–H and O–H groups in total. The van der Waals surface area contributed by atoms with Crippen LogP contribution in [0.4, 0.5) is 0 Å². The van der Waals surface area contributed by atoms with Crippen molar-refractivity contribution in [3.05, 3.63) is 21.7 Å². The maximum Gasteiger partial charge on any atom is 0.309 e. The molecule has 7 nitrogen and oxygen atoms in total. The maximum atomic E-state index is 13.2. The standard InChI is InChI=1S/C26H38BrNO6S/c1-14-7-6-8-18-20(33-18)10-19(15(2)9-17-13-35-22(12-27)28-17)34-23(30)11-21(29)26(4,5)25(32)16(3)24(14)31/h9,13-14,16,18-21,24,29,31H,6-8,10-12H2,1-5H3/b15-9+/t14-,16+,18+,19-,20-,21-,24-/m0/s1. The van der Waals surface area contributed by atoms with Crippen molar-refractivity contribution in [3.63, 3.8) is 0 Å². The summed E-state index contributed by atoms with van der Waals surface area (Å²) >= 11 is 4.97. The average molecular weight is 573 g/mol. The fourth-order valence-corrected chi connectivity index (χ4v) is 5.91. The number of ketones is 1. The van der Waals surface area contributed by atoms with Gasteiger partial charge in [-0.2, -0.15) is 0 Å². The Morgan fingerprint density at radius 1 is 1.26 bits per heavy atom. The fraction of sp³-hybridized carbons (Fsp3) is 0.731. The molecule has 3 heterocycles. The molecule has 0 aliphatic carbocycles. The van der Waals surface area contributed by atoms with Crippen LogP contribution in [0.25, 0.3) is 6.08 Å². The van der Waals surface area contributed by atoms with Crippen molar-refractivity contribution in [2.75, 3.05) is 0 Å². The number of alkyl halides is 1. The molecule has 1 aromatic rings. The Morgan fingerprint density at radius 2 is 1.97 bits per heavy atom. The quantitative estimate of drug-likeness (QED) is 0.308. The molecule has 2 saturated heterocycles. The molecule has 0 radical (unpaired) electrons. The highest BCUT2D eigenvalue weighted by Gasteiger charge is 2.44. The van der Waals surface area contributed by atoms with E-state index in [4.69, 9.17) is 9.47 Å². The molecule has 0 spiro atoms. The van der Waals surface area contributed by atoms with Gasteiger partial charge in [0.2, 0.25) is 0 Å². The van der Waals surface area contributed by atoms with E-state index < -0.39 is 35.6 Å². The second-order valence-corrected chi connectivity index (χ2v) is 12.1. The van der Waals surface area contributed by atoms with Crippen molar-refractivity contribution in [1.29, 1.82) is 0 Å². The van der Waals surface area contributed by atoms with Crippen molar-refractivity contribution in [3.8, 4) is 0 Å². The number of esters is 1. The van der Waals surface area contributed by atoms with E-state index in [0.29, 0.717) is 11.8 Å². The Bertz CT molecular complexity index is 931. The maximum absolute atomic E-state index is 13.2. The van der Waals surface area contributed by atoms with Gasteiger partial charge in [0, 0.05) is 17.7 Å². The number of thiazole rings is 1. The minimum atomic E-state index is -1.23. The van der Waals surface area contributed by atoms with Gasteiger partial charge in [-0.25, -0.2) is 4.98 Å². The minimum absolute atomic E-state index is 0.000289. The van der Waals surface area contributed by atoms with Crippen molar-refractivity contribution in [1.82, 2.24) is 4.98 Å². The third kappa shape index (κ3) is 7.22. The molecular weight excluding hydrogens is 534 g/mol. The lowest BCUT2D eigenvalue weighted by molar-refractivity contribution is -0.154. The monoisotopic (exact) mass is 571 g/mol. The van der Waals surface area contributed by atoms with Crippen LogP contribution in [0.1, 0.15) is 77.4 Å². The molecule has 2 aliphatic heterocycles. The summed E-state index contributed by atoms with van der Waals surface area (Å²) in [5.74, 6) is -1.53. The summed E-state index contributed by atoms with van der Waals surface area (Å²) in [4.78, 5) is 30.6. The topological polar surface area (TPSA) is 109 Å². The Hall–Kier alpha value is -1.13. The van der Waals surface area contributed by atoms with E-state index in [0.717, 1.165) is 35.5 Å². The largest absolute Gasteiger partial charge is 0.458 e. The molecule has 9 heteroatoms. The summed E-state index contributed by atoms with van der Waals surface area (Å²) in [7, 11) is 0. The number of halogens is 1. The number of carbonyl (C=O) groups is 2. The molecule has 7 atom stereocenters. The van der Waals surface area contributed by atoms with Crippen LogP contribution >= 0.6 is 27.3 Å².